The molecule has 1 aliphatic heterocycles. The molecule has 1 fully saturated rings. The fourth-order valence-electron chi connectivity index (χ4n) is 1.85. The fraction of sp³-hybridized carbons (Fsp3) is 0.600. The summed E-state index contributed by atoms with van der Waals surface area (Å²) in [5, 5.41) is 12.7. The number of aliphatic hydroxyl groups excluding tert-OH is 1. The van der Waals surface area contributed by atoms with Crippen molar-refractivity contribution in [1.82, 2.24) is 10.3 Å². The lowest BCUT2D eigenvalue weighted by molar-refractivity contribution is -0.123. The van der Waals surface area contributed by atoms with Gasteiger partial charge in [0.25, 0.3) is 0 Å². The van der Waals surface area contributed by atoms with E-state index >= 15 is 0 Å². The highest BCUT2D eigenvalue weighted by atomic mass is 32.1. The van der Waals surface area contributed by atoms with Crippen LogP contribution in [0.1, 0.15) is 18.2 Å². The molecule has 5 nitrogen and oxygen atoms in total. The minimum Gasteiger partial charge on any atom is -0.391 e. The molecule has 1 aliphatic rings. The van der Waals surface area contributed by atoms with Crippen molar-refractivity contribution in [3.63, 3.8) is 0 Å². The zero-order valence-corrected chi connectivity index (χ0v) is 9.96. The van der Waals surface area contributed by atoms with Gasteiger partial charge >= 0.3 is 0 Å². The first kappa shape index (κ1) is 11.3. The molecule has 0 radical (unpaired) electrons. The molecule has 0 aliphatic carbocycles. The van der Waals surface area contributed by atoms with Crippen LogP contribution in [0, 0.1) is 0 Å². The first-order valence-corrected chi connectivity index (χ1v) is 6.17. The molecule has 2 heterocycles. The molecule has 88 valence electrons. The molecule has 1 aromatic heterocycles. The maximum absolute atomic E-state index is 11.7. The zero-order valence-electron chi connectivity index (χ0n) is 9.14. The second kappa shape index (κ2) is 4.80. The van der Waals surface area contributed by atoms with Crippen LogP contribution in [0.25, 0.3) is 0 Å². The Balaban J connectivity index is 2.20. The number of carbonyl (C=O) groups excluding carboxylic acids is 1. The van der Waals surface area contributed by atoms with E-state index in [0.717, 1.165) is 23.0 Å². The van der Waals surface area contributed by atoms with E-state index in [1.165, 1.54) is 11.3 Å². The second-order valence-electron chi connectivity index (χ2n) is 3.68. The van der Waals surface area contributed by atoms with Gasteiger partial charge in [-0.25, -0.2) is 4.98 Å². The Hall–Kier alpha value is -1.14. The van der Waals surface area contributed by atoms with E-state index in [1.54, 1.807) is 6.20 Å². The van der Waals surface area contributed by atoms with Crippen LogP contribution in [-0.2, 0) is 11.4 Å². The highest BCUT2D eigenvalue weighted by Crippen LogP contribution is 2.26. The number of aliphatic hydroxyl groups is 1. The zero-order chi connectivity index (χ0) is 11.5. The van der Waals surface area contributed by atoms with Crippen molar-refractivity contribution in [2.24, 2.45) is 0 Å². The number of rotatable bonds is 3. The van der Waals surface area contributed by atoms with E-state index in [2.05, 4.69) is 10.3 Å². The minimum absolute atomic E-state index is 0.00843. The average molecular weight is 241 g/mol. The van der Waals surface area contributed by atoms with Gasteiger partial charge < -0.3 is 15.3 Å². The highest BCUT2D eigenvalue weighted by molar-refractivity contribution is 7.15. The molecule has 16 heavy (non-hydrogen) atoms. The van der Waals surface area contributed by atoms with Gasteiger partial charge in [-0.3, -0.25) is 4.79 Å². The second-order valence-corrected chi connectivity index (χ2v) is 4.77. The molecule has 0 bridgehead atoms. The molecule has 0 spiro atoms. The highest BCUT2D eigenvalue weighted by Gasteiger charge is 2.29. The van der Waals surface area contributed by atoms with Gasteiger partial charge in [0.15, 0.2) is 5.13 Å². The van der Waals surface area contributed by atoms with Crippen LogP contribution in [0.5, 0.6) is 0 Å². The van der Waals surface area contributed by atoms with Gasteiger partial charge in [-0.05, 0) is 6.42 Å². The Morgan fingerprint density at radius 1 is 1.75 bits per heavy atom. The number of aromatic nitrogens is 1. The number of anilines is 1. The number of piperazine rings is 1. The van der Waals surface area contributed by atoms with Gasteiger partial charge in [-0.1, -0.05) is 18.3 Å². The summed E-state index contributed by atoms with van der Waals surface area (Å²) in [5.41, 5.74) is 0. The maximum Gasteiger partial charge on any atom is 0.242 e. The van der Waals surface area contributed by atoms with Gasteiger partial charge in [0.1, 0.15) is 6.04 Å². The van der Waals surface area contributed by atoms with Gasteiger partial charge in [-0.2, -0.15) is 0 Å². The molecule has 1 atom stereocenters. The van der Waals surface area contributed by atoms with Crippen LogP contribution < -0.4 is 10.2 Å². The molecule has 1 amide bonds. The van der Waals surface area contributed by atoms with E-state index in [1.807, 2.05) is 11.8 Å². The third kappa shape index (κ3) is 2.03. The summed E-state index contributed by atoms with van der Waals surface area (Å²) in [6, 6.07) is -0.133. The lowest BCUT2D eigenvalue weighted by atomic mass is 10.1. The maximum atomic E-state index is 11.7. The summed E-state index contributed by atoms with van der Waals surface area (Å²) in [6.45, 7) is 3.43. The molecule has 1 saturated heterocycles. The molecular weight excluding hydrogens is 226 g/mol. The van der Waals surface area contributed by atoms with E-state index in [-0.39, 0.29) is 18.6 Å². The van der Waals surface area contributed by atoms with Crippen molar-refractivity contribution in [3.05, 3.63) is 11.1 Å². The molecule has 6 heteroatoms. The summed E-state index contributed by atoms with van der Waals surface area (Å²) in [6.07, 6.45) is 2.43. The molecule has 0 saturated carbocycles. The van der Waals surface area contributed by atoms with Crippen molar-refractivity contribution < 1.29 is 9.90 Å². The van der Waals surface area contributed by atoms with Crippen molar-refractivity contribution in [2.45, 2.75) is 26.0 Å². The standard InChI is InChI=1S/C10H15N3O2S/c1-2-8-9(15)11-3-4-13(8)10-12-5-7(6-14)16-10/h5,8,14H,2-4,6H2,1H3,(H,11,15). The summed E-state index contributed by atoms with van der Waals surface area (Å²) >= 11 is 1.45. The minimum atomic E-state index is -0.133. The Kier molecular flexibility index (Phi) is 3.40. The van der Waals surface area contributed by atoms with Crippen molar-refractivity contribution in [2.75, 3.05) is 18.0 Å². The van der Waals surface area contributed by atoms with Crippen LogP contribution >= 0.6 is 11.3 Å². The summed E-state index contributed by atoms with van der Waals surface area (Å²) < 4.78 is 0. The van der Waals surface area contributed by atoms with Crippen LogP contribution in [0.2, 0.25) is 0 Å². The molecule has 2 N–H and O–H groups in total. The van der Waals surface area contributed by atoms with Crippen molar-refractivity contribution in [3.8, 4) is 0 Å². The number of thiazole rings is 1. The van der Waals surface area contributed by atoms with E-state index < -0.39 is 0 Å². The SMILES string of the molecule is CCC1C(=O)NCCN1c1ncc(CO)s1. The van der Waals surface area contributed by atoms with Gasteiger partial charge in [-0.15, -0.1) is 0 Å². The Labute approximate surface area is 98.1 Å². The van der Waals surface area contributed by atoms with E-state index in [4.69, 9.17) is 5.11 Å². The molecule has 2 rings (SSSR count). The Bertz CT molecular complexity index is 380. The number of nitrogens with zero attached hydrogens (tertiary/aromatic N) is 2. The quantitative estimate of drug-likeness (QED) is 0.801. The van der Waals surface area contributed by atoms with Crippen LogP contribution in [0.4, 0.5) is 5.13 Å². The molecule has 1 aromatic rings. The third-order valence-corrected chi connectivity index (χ3v) is 3.68. The predicted molar refractivity (Wildman–Crippen MR) is 62.5 cm³/mol. The number of carbonyl (C=O) groups is 1. The predicted octanol–water partition coefficient (Wildman–Crippen LogP) is 0.350. The first-order valence-electron chi connectivity index (χ1n) is 5.36. The van der Waals surface area contributed by atoms with Crippen LogP contribution in [0.15, 0.2) is 6.20 Å². The molecular formula is C10H15N3O2S. The van der Waals surface area contributed by atoms with Crippen LogP contribution in [-0.4, -0.2) is 35.1 Å². The summed E-state index contributed by atoms with van der Waals surface area (Å²) in [5.74, 6) is 0.0644. The molecule has 1 unspecified atom stereocenters. The monoisotopic (exact) mass is 241 g/mol. The van der Waals surface area contributed by atoms with Gasteiger partial charge in [0, 0.05) is 19.3 Å². The summed E-state index contributed by atoms with van der Waals surface area (Å²) in [4.78, 5) is 18.8. The smallest absolute Gasteiger partial charge is 0.242 e. The normalized spacial score (nSPS) is 21.0. The van der Waals surface area contributed by atoms with E-state index in [9.17, 15) is 4.79 Å². The number of nitrogens with one attached hydrogen (secondary N) is 1. The number of hydrogen-bond acceptors (Lipinski definition) is 5. The average Bonchev–Trinajstić information content (AvgIpc) is 2.77. The Morgan fingerprint density at radius 2 is 2.56 bits per heavy atom. The largest absolute Gasteiger partial charge is 0.391 e. The lowest BCUT2D eigenvalue weighted by Gasteiger charge is -2.34. The topological polar surface area (TPSA) is 65.5 Å². The van der Waals surface area contributed by atoms with Gasteiger partial charge in [0.05, 0.1) is 11.5 Å². The number of amides is 1. The number of hydrogen-bond donors (Lipinski definition) is 2. The first-order chi connectivity index (χ1) is 7.76. The summed E-state index contributed by atoms with van der Waals surface area (Å²) in [7, 11) is 0. The third-order valence-electron chi connectivity index (χ3n) is 2.66. The van der Waals surface area contributed by atoms with E-state index in [0.29, 0.717) is 6.54 Å². The van der Waals surface area contributed by atoms with Crippen molar-refractivity contribution >= 4 is 22.4 Å². The van der Waals surface area contributed by atoms with Crippen LogP contribution in [0.3, 0.4) is 0 Å². The lowest BCUT2D eigenvalue weighted by Crippen LogP contribution is -2.55. The fourth-order valence-corrected chi connectivity index (χ4v) is 2.70. The van der Waals surface area contributed by atoms with Gasteiger partial charge in [0.2, 0.25) is 5.91 Å². The molecule has 0 aromatic carbocycles. The van der Waals surface area contributed by atoms with Crippen molar-refractivity contribution in [1.29, 1.82) is 0 Å². The Morgan fingerprint density at radius 3 is 3.19 bits per heavy atom.